The number of benzene rings is 2. The number of carbonyl (C=O) groups is 1. The van der Waals surface area contributed by atoms with E-state index < -0.39 is 10.0 Å². The molecule has 2 aromatic carbocycles. The zero-order chi connectivity index (χ0) is 21.0. The van der Waals surface area contributed by atoms with Crippen LogP contribution in [0, 0.1) is 0 Å². The van der Waals surface area contributed by atoms with Crippen molar-refractivity contribution in [3.63, 3.8) is 0 Å². The van der Waals surface area contributed by atoms with Crippen LogP contribution in [0.1, 0.15) is 0 Å². The Hall–Kier alpha value is -2.60. The quantitative estimate of drug-likeness (QED) is 0.467. The molecule has 1 aromatic heterocycles. The molecule has 12 heteroatoms. The summed E-state index contributed by atoms with van der Waals surface area (Å²) in [5, 5.41) is 15.5. The number of aromatic amines is 1. The number of aromatic nitrogens is 3. The Labute approximate surface area is 176 Å². The lowest BCUT2D eigenvalue weighted by atomic mass is 10.2. The number of nitrogens with two attached hydrogens (primary N) is 1. The summed E-state index contributed by atoms with van der Waals surface area (Å²) < 4.78 is 27.8. The lowest BCUT2D eigenvalue weighted by Crippen LogP contribution is -2.15. The van der Waals surface area contributed by atoms with Gasteiger partial charge in [-0.05, 0) is 42.5 Å². The van der Waals surface area contributed by atoms with E-state index in [9.17, 15) is 13.2 Å². The molecule has 3 rings (SSSR count). The van der Waals surface area contributed by atoms with Crippen molar-refractivity contribution in [1.82, 2.24) is 15.2 Å². The van der Waals surface area contributed by atoms with Crippen LogP contribution >= 0.6 is 23.4 Å². The molecule has 4 N–H and O–H groups in total. The van der Waals surface area contributed by atoms with Crippen molar-refractivity contribution in [3.8, 4) is 17.1 Å². The fourth-order valence-corrected chi connectivity index (χ4v) is 3.64. The van der Waals surface area contributed by atoms with Gasteiger partial charge in [0.2, 0.25) is 21.1 Å². The van der Waals surface area contributed by atoms with E-state index in [0.717, 1.165) is 11.8 Å². The summed E-state index contributed by atoms with van der Waals surface area (Å²) in [6.45, 7) is 0. The molecule has 0 aliphatic heterocycles. The second-order valence-electron chi connectivity index (χ2n) is 5.72. The molecular formula is C17H16ClN5O4S2. The molecule has 0 saturated carbocycles. The van der Waals surface area contributed by atoms with E-state index in [0.29, 0.717) is 33.0 Å². The first-order valence-corrected chi connectivity index (χ1v) is 11.0. The second-order valence-corrected chi connectivity index (χ2v) is 8.66. The highest BCUT2D eigenvalue weighted by Crippen LogP contribution is 2.31. The molecule has 0 bridgehead atoms. The number of hydrogen-bond donors (Lipinski definition) is 3. The van der Waals surface area contributed by atoms with Crippen molar-refractivity contribution in [2.24, 2.45) is 5.14 Å². The number of thioether (sulfide) groups is 1. The van der Waals surface area contributed by atoms with Gasteiger partial charge in [-0.3, -0.25) is 9.89 Å². The van der Waals surface area contributed by atoms with Crippen LogP contribution in [0.4, 0.5) is 5.69 Å². The maximum atomic E-state index is 12.1. The van der Waals surface area contributed by atoms with E-state index in [2.05, 4.69) is 20.5 Å². The van der Waals surface area contributed by atoms with Crippen molar-refractivity contribution in [2.75, 3.05) is 18.2 Å². The number of sulfonamides is 1. The summed E-state index contributed by atoms with van der Waals surface area (Å²) in [5.74, 6) is 0.805. The van der Waals surface area contributed by atoms with Gasteiger partial charge < -0.3 is 10.1 Å². The van der Waals surface area contributed by atoms with E-state index in [1.54, 1.807) is 25.3 Å². The highest BCUT2D eigenvalue weighted by atomic mass is 35.5. The lowest BCUT2D eigenvalue weighted by Gasteiger charge is -2.05. The second kappa shape index (κ2) is 8.82. The van der Waals surface area contributed by atoms with E-state index in [4.69, 9.17) is 21.5 Å². The third-order valence-electron chi connectivity index (χ3n) is 3.68. The Morgan fingerprint density at radius 2 is 2.00 bits per heavy atom. The molecule has 0 fully saturated rings. The van der Waals surface area contributed by atoms with Crippen LogP contribution in [-0.4, -0.2) is 42.4 Å². The van der Waals surface area contributed by atoms with Crippen LogP contribution < -0.4 is 15.2 Å². The summed E-state index contributed by atoms with van der Waals surface area (Å²) in [7, 11) is -2.24. The molecule has 0 spiro atoms. The molecule has 0 saturated heterocycles. The molecule has 0 unspecified atom stereocenters. The van der Waals surface area contributed by atoms with Gasteiger partial charge in [0.25, 0.3) is 0 Å². The number of ether oxygens (including phenoxy) is 1. The maximum Gasteiger partial charge on any atom is 0.238 e. The number of rotatable bonds is 7. The average Bonchev–Trinajstić information content (AvgIpc) is 3.15. The van der Waals surface area contributed by atoms with Gasteiger partial charge in [0, 0.05) is 10.7 Å². The molecule has 0 radical (unpaired) electrons. The van der Waals surface area contributed by atoms with Crippen molar-refractivity contribution >= 4 is 45.0 Å². The third-order valence-corrected chi connectivity index (χ3v) is 5.69. The van der Waals surface area contributed by atoms with E-state index in [1.165, 1.54) is 24.3 Å². The maximum absolute atomic E-state index is 12.1. The SMILES string of the molecule is COc1ccc(Cl)cc1-c1nc(SCC(=O)Nc2ccc(S(N)(=O)=O)cc2)n[nH]1. The number of hydrogen-bond acceptors (Lipinski definition) is 7. The van der Waals surface area contributed by atoms with Gasteiger partial charge in [0.05, 0.1) is 23.3 Å². The van der Waals surface area contributed by atoms with Crippen molar-refractivity contribution in [1.29, 1.82) is 0 Å². The molecule has 1 heterocycles. The number of carbonyl (C=O) groups excluding carboxylic acids is 1. The molecule has 3 aromatic rings. The largest absolute Gasteiger partial charge is 0.496 e. The summed E-state index contributed by atoms with van der Waals surface area (Å²) >= 11 is 7.16. The first-order valence-electron chi connectivity index (χ1n) is 8.08. The number of methoxy groups -OCH3 is 1. The topological polar surface area (TPSA) is 140 Å². The van der Waals surface area contributed by atoms with Crippen LogP contribution in [0.25, 0.3) is 11.4 Å². The molecule has 0 atom stereocenters. The Morgan fingerprint density at radius 3 is 2.66 bits per heavy atom. The minimum absolute atomic E-state index is 0.0328. The summed E-state index contributed by atoms with van der Waals surface area (Å²) in [6.07, 6.45) is 0. The van der Waals surface area contributed by atoms with Crippen LogP contribution in [0.3, 0.4) is 0 Å². The minimum Gasteiger partial charge on any atom is -0.496 e. The lowest BCUT2D eigenvalue weighted by molar-refractivity contribution is -0.113. The van der Waals surface area contributed by atoms with Gasteiger partial charge in [-0.1, -0.05) is 23.4 Å². The first-order chi connectivity index (χ1) is 13.8. The Morgan fingerprint density at radius 1 is 1.28 bits per heavy atom. The Bertz CT molecular complexity index is 1130. The first kappa shape index (κ1) is 21.1. The number of nitrogens with one attached hydrogen (secondary N) is 2. The normalized spacial score (nSPS) is 11.3. The van der Waals surface area contributed by atoms with E-state index in [1.807, 2.05) is 0 Å². The van der Waals surface area contributed by atoms with Crippen molar-refractivity contribution in [2.45, 2.75) is 10.1 Å². The van der Waals surface area contributed by atoms with Gasteiger partial charge >= 0.3 is 0 Å². The third kappa shape index (κ3) is 5.48. The van der Waals surface area contributed by atoms with Crippen molar-refractivity contribution in [3.05, 3.63) is 47.5 Å². The molecule has 9 nitrogen and oxygen atoms in total. The number of anilines is 1. The summed E-state index contributed by atoms with van der Waals surface area (Å²) in [4.78, 5) is 16.4. The fourth-order valence-electron chi connectivity index (χ4n) is 2.35. The molecule has 0 aliphatic rings. The number of nitrogens with zero attached hydrogens (tertiary/aromatic N) is 2. The van der Waals surface area contributed by atoms with Crippen LogP contribution in [0.2, 0.25) is 5.02 Å². The molecule has 1 amide bonds. The number of halogens is 1. The van der Waals surface area contributed by atoms with Crippen LogP contribution in [0.5, 0.6) is 5.75 Å². The Balaban J connectivity index is 1.61. The van der Waals surface area contributed by atoms with Crippen molar-refractivity contribution < 1.29 is 17.9 Å². The zero-order valence-corrected chi connectivity index (χ0v) is 17.4. The molecule has 0 aliphatic carbocycles. The predicted molar refractivity (Wildman–Crippen MR) is 111 cm³/mol. The molecule has 152 valence electrons. The van der Waals surface area contributed by atoms with E-state index in [-0.39, 0.29) is 16.6 Å². The van der Waals surface area contributed by atoms with Gasteiger partial charge in [0.15, 0.2) is 5.82 Å². The smallest absolute Gasteiger partial charge is 0.238 e. The van der Waals surface area contributed by atoms with Crippen LogP contribution in [-0.2, 0) is 14.8 Å². The number of amides is 1. The molecular weight excluding hydrogens is 438 g/mol. The van der Waals surface area contributed by atoms with Gasteiger partial charge in [-0.15, -0.1) is 5.10 Å². The number of primary sulfonamides is 1. The standard InChI is InChI=1S/C17H16ClN5O4S2/c1-27-14-7-2-10(18)8-13(14)16-21-17(23-22-16)28-9-15(24)20-11-3-5-12(6-4-11)29(19,25)26/h2-8H,9H2,1H3,(H,20,24)(H2,19,25,26)(H,21,22,23). The monoisotopic (exact) mass is 453 g/mol. The predicted octanol–water partition coefficient (Wildman–Crippen LogP) is 2.51. The van der Waals surface area contributed by atoms with Gasteiger partial charge in [-0.2, -0.15) is 0 Å². The van der Waals surface area contributed by atoms with Gasteiger partial charge in [-0.25, -0.2) is 18.5 Å². The Kier molecular flexibility index (Phi) is 6.42. The highest BCUT2D eigenvalue weighted by molar-refractivity contribution is 7.99. The fraction of sp³-hybridized carbons (Fsp3) is 0.118. The van der Waals surface area contributed by atoms with Crippen LogP contribution in [0.15, 0.2) is 52.5 Å². The average molecular weight is 454 g/mol. The van der Waals surface area contributed by atoms with E-state index >= 15 is 0 Å². The molecule has 29 heavy (non-hydrogen) atoms. The summed E-state index contributed by atoms with van der Waals surface area (Å²) in [6, 6.07) is 10.7. The number of H-pyrrole nitrogens is 1. The highest BCUT2D eigenvalue weighted by Gasteiger charge is 2.14. The zero-order valence-electron chi connectivity index (χ0n) is 15.0. The summed E-state index contributed by atoms with van der Waals surface area (Å²) in [5.41, 5.74) is 1.10. The van der Waals surface area contributed by atoms with Gasteiger partial charge in [0.1, 0.15) is 5.75 Å². The minimum atomic E-state index is -3.78.